The maximum Gasteiger partial charge on any atom is 0.333 e. The summed E-state index contributed by atoms with van der Waals surface area (Å²) < 4.78 is 17.6. The van der Waals surface area contributed by atoms with Gasteiger partial charge < -0.3 is 14.2 Å². The summed E-state index contributed by atoms with van der Waals surface area (Å²) in [7, 11) is 3.25. The second-order valence-corrected chi connectivity index (χ2v) is 6.64. The van der Waals surface area contributed by atoms with Gasteiger partial charge in [-0.15, -0.1) is 0 Å². The van der Waals surface area contributed by atoms with Crippen molar-refractivity contribution in [1.82, 2.24) is 0 Å². The van der Waals surface area contributed by atoms with Gasteiger partial charge in [-0.25, -0.2) is 4.79 Å². The molecule has 0 amide bonds. The Morgan fingerprint density at radius 2 is 1.68 bits per heavy atom. The molecule has 0 aliphatic heterocycles. The minimum atomic E-state index is -0.610. The fourth-order valence-corrected chi connectivity index (χ4v) is 3.54. The number of esters is 1. The lowest BCUT2D eigenvalue weighted by atomic mass is 9.91. The molecule has 5 heteroatoms. The summed E-state index contributed by atoms with van der Waals surface area (Å²) in [5.74, 6) is 1.11. The van der Waals surface area contributed by atoms with E-state index in [4.69, 9.17) is 14.2 Å². The second kappa shape index (κ2) is 6.89. The van der Waals surface area contributed by atoms with Crippen LogP contribution >= 0.6 is 22.6 Å². The van der Waals surface area contributed by atoms with E-state index < -0.39 is 5.60 Å². The van der Waals surface area contributed by atoms with Crippen LogP contribution in [-0.4, -0.2) is 20.2 Å². The number of halogens is 1. The molecule has 1 aromatic carbocycles. The summed E-state index contributed by atoms with van der Waals surface area (Å²) in [6, 6.07) is 3.89. The molecule has 0 unspecified atom stereocenters. The molecule has 1 saturated carbocycles. The van der Waals surface area contributed by atoms with Crippen LogP contribution in [0, 0.1) is 3.57 Å². The summed E-state index contributed by atoms with van der Waals surface area (Å²) in [5, 5.41) is 0. The molecule has 22 heavy (non-hydrogen) atoms. The molecule has 120 valence electrons. The lowest BCUT2D eigenvalue weighted by Gasteiger charge is -2.30. The number of rotatable bonds is 5. The Hall–Kier alpha value is -1.24. The molecule has 1 aliphatic carbocycles. The van der Waals surface area contributed by atoms with E-state index in [-0.39, 0.29) is 5.97 Å². The first-order chi connectivity index (χ1) is 10.4. The van der Waals surface area contributed by atoms with Crippen LogP contribution in [0.2, 0.25) is 0 Å². The Labute approximate surface area is 145 Å². The molecule has 1 fully saturated rings. The van der Waals surface area contributed by atoms with Gasteiger partial charge in [0.15, 0.2) is 0 Å². The Kier molecular flexibility index (Phi) is 5.36. The molecular formula is C17H21IO4. The average Bonchev–Trinajstić information content (AvgIpc) is 2.97. The van der Waals surface area contributed by atoms with E-state index in [1.807, 2.05) is 12.1 Å². The highest BCUT2D eigenvalue weighted by Gasteiger charge is 2.40. The largest absolute Gasteiger partial charge is 0.495 e. The maximum absolute atomic E-state index is 12.1. The summed E-state index contributed by atoms with van der Waals surface area (Å²) in [6.45, 7) is 5.35. The van der Waals surface area contributed by atoms with Crippen molar-refractivity contribution in [3.8, 4) is 11.5 Å². The van der Waals surface area contributed by atoms with Gasteiger partial charge in [0.25, 0.3) is 0 Å². The molecule has 4 nitrogen and oxygen atoms in total. The number of carbonyl (C=O) groups excluding carboxylic acids is 1. The number of hydrogen-bond donors (Lipinski definition) is 0. The fraction of sp³-hybridized carbons (Fsp3) is 0.471. The first kappa shape index (κ1) is 17.1. The first-order valence-electron chi connectivity index (χ1n) is 7.24. The normalized spacial score (nSPS) is 16.2. The SMILES string of the molecule is C=C(C)C(=O)OC1(c2cc(OC)c(I)c(OC)c2)CCCC1. The second-order valence-electron chi connectivity index (χ2n) is 5.57. The number of hydrogen-bond acceptors (Lipinski definition) is 4. The Morgan fingerprint density at radius 3 is 2.09 bits per heavy atom. The summed E-state index contributed by atoms with van der Waals surface area (Å²) >= 11 is 2.19. The maximum atomic E-state index is 12.1. The fourth-order valence-electron chi connectivity index (χ4n) is 2.79. The predicted molar refractivity (Wildman–Crippen MR) is 93.3 cm³/mol. The molecule has 1 aromatic rings. The smallest absolute Gasteiger partial charge is 0.333 e. The zero-order valence-electron chi connectivity index (χ0n) is 13.2. The number of ether oxygens (including phenoxy) is 3. The molecule has 0 bridgehead atoms. The van der Waals surface area contributed by atoms with Crippen LogP contribution in [0.3, 0.4) is 0 Å². The summed E-state index contributed by atoms with van der Waals surface area (Å²) in [5.41, 5.74) is 0.727. The van der Waals surface area contributed by atoms with Crippen molar-refractivity contribution in [1.29, 1.82) is 0 Å². The lowest BCUT2D eigenvalue weighted by molar-refractivity contribution is -0.155. The van der Waals surface area contributed by atoms with Gasteiger partial charge >= 0.3 is 5.97 Å². The zero-order valence-corrected chi connectivity index (χ0v) is 15.4. The number of benzene rings is 1. The number of carbonyl (C=O) groups is 1. The van der Waals surface area contributed by atoms with Crippen molar-refractivity contribution in [2.24, 2.45) is 0 Å². The third-order valence-corrected chi connectivity index (χ3v) is 5.08. The van der Waals surface area contributed by atoms with Crippen LogP contribution in [0.15, 0.2) is 24.3 Å². The van der Waals surface area contributed by atoms with Crippen molar-refractivity contribution >= 4 is 28.6 Å². The van der Waals surface area contributed by atoms with Gasteiger partial charge in [0, 0.05) is 11.1 Å². The molecule has 0 radical (unpaired) electrons. The lowest BCUT2D eigenvalue weighted by Crippen LogP contribution is -2.30. The molecule has 0 atom stereocenters. The Balaban J connectivity index is 2.49. The first-order valence-corrected chi connectivity index (χ1v) is 8.32. The van der Waals surface area contributed by atoms with E-state index >= 15 is 0 Å². The van der Waals surface area contributed by atoms with Crippen LogP contribution in [0.5, 0.6) is 11.5 Å². The van der Waals surface area contributed by atoms with Gasteiger partial charge in [0.1, 0.15) is 17.1 Å². The van der Waals surface area contributed by atoms with Gasteiger partial charge in [-0.3, -0.25) is 0 Å². The zero-order chi connectivity index (χ0) is 16.3. The van der Waals surface area contributed by atoms with E-state index in [0.29, 0.717) is 5.57 Å². The van der Waals surface area contributed by atoms with Crippen LogP contribution in [0.4, 0.5) is 0 Å². The minimum Gasteiger partial charge on any atom is -0.495 e. The van der Waals surface area contributed by atoms with Crippen LogP contribution in [0.1, 0.15) is 38.2 Å². The predicted octanol–water partition coefficient (Wildman–Crippen LogP) is 4.20. The van der Waals surface area contributed by atoms with E-state index in [9.17, 15) is 4.79 Å². The molecule has 0 N–H and O–H groups in total. The molecule has 0 heterocycles. The highest BCUT2D eigenvalue weighted by Crippen LogP contribution is 2.46. The van der Waals surface area contributed by atoms with E-state index in [2.05, 4.69) is 29.2 Å². The molecular weight excluding hydrogens is 395 g/mol. The van der Waals surface area contributed by atoms with Crippen LogP contribution < -0.4 is 9.47 Å². The van der Waals surface area contributed by atoms with Gasteiger partial charge in [0.2, 0.25) is 0 Å². The molecule has 0 saturated heterocycles. The van der Waals surface area contributed by atoms with Crippen molar-refractivity contribution < 1.29 is 19.0 Å². The van der Waals surface area contributed by atoms with E-state index in [1.165, 1.54) is 0 Å². The summed E-state index contributed by atoms with van der Waals surface area (Å²) in [6.07, 6.45) is 3.66. The van der Waals surface area contributed by atoms with Crippen LogP contribution in [0.25, 0.3) is 0 Å². The Bertz CT molecular complexity index is 563. The molecule has 0 aromatic heterocycles. The third kappa shape index (κ3) is 3.24. The van der Waals surface area contributed by atoms with Crippen molar-refractivity contribution in [2.75, 3.05) is 14.2 Å². The van der Waals surface area contributed by atoms with Gasteiger partial charge in [-0.1, -0.05) is 6.58 Å². The molecule has 1 aliphatic rings. The van der Waals surface area contributed by atoms with Crippen LogP contribution in [-0.2, 0) is 15.1 Å². The van der Waals surface area contributed by atoms with E-state index in [1.54, 1.807) is 21.1 Å². The summed E-state index contributed by atoms with van der Waals surface area (Å²) in [4.78, 5) is 12.1. The van der Waals surface area contributed by atoms with Crippen molar-refractivity contribution in [3.05, 3.63) is 33.4 Å². The van der Waals surface area contributed by atoms with Gasteiger partial charge in [-0.2, -0.15) is 0 Å². The van der Waals surface area contributed by atoms with Gasteiger partial charge in [-0.05, 0) is 67.3 Å². The monoisotopic (exact) mass is 416 g/mol. The van der Waals surface area contributed by atoms with Gasteiger partial charge in [0.05, 0.1) is 17.8 Å². The topological polar surface area (TPSA) is 44.8 Å². The highest BCUT2D eigenvalue weighted by molar-refractivity contribution is 14.1. The van der Waals surface area contributed by atoms with E-state index in [0.717, 1.165) is 46.3 Å². The minimum absolute atomic E-state index is 0.349. The highest BCUT2D eigenvalue weighted by atomic mass is 127. The van der Waals surface area contributed by atoms with Crippen molar-refractivity contribution in [3.63, 3.8) is 0 Å². The standard InChI is InChI=1S/C17H21IO4/c1-11(2)16(19)22-17(7-5-6-8-17)12-9-13(20-3)15(18)14(10-12)21-4/h9-10H,1,5-8H2,2-4H3. The van der Waals surface area contributed by atoms with Crippen molar-refractivity contribution in [2.45, 2.75) is 38.2 Å². The Morgan fingerprint density at radius 1 is 1.18 bits per heavy atom. The molecule has 2 rings (SSSR count). The average molecular weight is 416 g/mol. The third-order valence-electron chi connectivity index (χ3n) is 4.02. The quantitative estimate of drug-likeness (QED) is 0.410. The molecule has 0 spiro atoms. The number of methoxy groups -OCH3 is 2.